The Bertz CT molecular complexity index is 558. The van der Waals surface area contributed by atoms with Crippen molar-refractivity contribution in [3.63, 3.8) is 0 Å². The summed E-state index contributed by atoms with van der Waals surface area (Å²) in [6, 6.07) is 7.18. The highest BCUT2D eigenvalue weighted by molar-refractivity contribution is 5.38. The SMILES string of the molecule is CC(Nc1cccc(F)n1)c1ccc(F)cc1F. The minimum atomic E-state index is -0.647. The predicted molar refractivity (Wildman–Crippen MR) is 62.6 cm³/mol. The molecule has 0 amide bonds. The lowest BCUT2D eigenvalue weighted by atomic mass is 10.1. The van der Waals surface area contributed by atoms with Gasteiger partial charge in [0.1, 0.15) is 17.5 Å². The fourth-order valence-corrected chi connectivity index (χ4v) is 1.64. The van der Waals surface area contributed by atoms with Crippen LogP contribution >= 0.6 is 0 Å². The minimum Gasteiger partial charge on any atom is -0.363 e. The molecule has 2 rings (SSSR count). The van der Waals surface area contributed by atoms with E-state index in [9.17, 15) is 13.2 Å². The largest absolute Gasteiger partial charge is 0.363 e. The lowest BCUT2D eigenvalue weighted by molar-refractivity contribution is 0.565. The van der Waals surface area contributed by atoms with Gasteiger partial charge < -0.3 is 5.32 Å². The van der Waals surface area contributed by atoms with Gasteiger partial charge in [0.25, 0.3) is 0 Å². The summed E-state index contributed by atoms with van der Waals surface area (Å²) >= 11 is 0. The van der Waals surface area contributed by atoms with Crippen LogP contribution in [0.3, 0.4) is 0 Å². The summed E-state index contributed by atoms with van der Waals surface area (Å²) in [7, 11) is 0. The highest BCUT2D eigenvalue weighted by atomic mass is 19.1. The van der Waals surface area contributed by atoms with Crippen LogP contribution in [0, 0.1) is 17.6 Å². The molecule has 2 aromatic rings. The number of nitrogens with one attached hydrogen (secondary N) is 1. The summed E-state index contributed by atoms with van der Waals surface area (Å²) in [6.07, 6.45) is 0. The Morgan fingerprint density at radius 2 is 1.89 bits per heavy atom. The van der Waals surface area contributed by atoms with Gasteiger partial charge in [-0.05, 0) is 25.1 Å². The summed E-state index contributed by atoms with van der Waals surface area (Å²) in [6.45, 7) is 1.68. The van der Waals surface area contributed by atoms with Crippen molar-refractivity contribution in [3.05, 3.63) is 59.5 Å². The maximum Gasteiger partial charge on any atom is 0.214 e. The molecule has 5 heteroatoms. The number of pyridine rings is 1. The van der Waals surface area contributed by atoms with Crippen molar-refractivity contribution in [2.24, 2.45) is 0 Å². The normalized spacial score (nSPS) is 12.2. The highest BCUT2D eigenvalue weighted by Gasteiger charge is 2.12. The lowest BCUT2D eigenvalue weighted by Crippen LogP contribution is -2.10. The van der Waals surface area contributed by atoms with E-state index >= 15 is 0 Å². The second-order valence-corrected chi connectivity index (χ2v) is 3.88. The third-order valence-electron chi connectivity index (χ3n) is 2.51. The van der Waals surface area contributed by atoms with Gasteiger partial charge in [-0.2, -0.15) is 4.39 Å². The zero-order valence-electron chi connectivity index (χ0n) is 9.62. The summed E-state index contributed by atoms with van der Waals surface area (Å²) in [5, 5.41) is 2.85. The molecule has 0 fully saturated rings. The van der Waals surface area contributed by atoms with Gasteiger partial charge in [-0.25, -0.2) is 13.8 Å². The van der Waals surface area contributed by atoms with Crippen LogP contribution in [0.2, 0.25) is 0 Å². The molecule has 18 heavy (non-hydrogen) atoms. The third kappa shape index (κ3) is 2.80. The molecule has 0 bridgehead atoms. The molecule has 1 aromatic heterocycles. The van der Waals surface area contributed by atoms with Gasteiger partial charge in [-0.1, -0.05) is 12.1 Å². The van der Waals surface area contributed by atoms with E-state index in [0.29, 0.717) is 11.4 Å². The van der Waals surface area contributed by atoms with E-state index in [-0.39, 0.29) is 0 Å². The van der Waals surface area contributed by atoms with Gasteiger partial charge in [0.15, 0.2) is 0 Å². The minimum absolute atomic E-state index is 0.294. The van der Waals surface area contributed by atoms with E-state index in [4.69, 9.17) is 0 Å². The smallest absolute Gasteiger partial charge is 0.214 e. The van der Waals surface area contributed by atoms with E-state index in [1.54, 1.807) is 13.0 Å². The van der Waals surface area contributed by atoms with Crippen LogP contribution in [0.5, 0.6) is 0 Å². The van der Waals surface area contributed by atoms with Crippen LogP contribution in [0.4, 0.5) is 19.0 Å². The van der Waals surface area contributed by atoms with Crippen LogP contribution in [0.15, 0.2) is 36.4 Å². The molecule has 1 aromatic carbocycles. The molecular formula is C13H11F3N2. The van der Waals surface area contributed by atoms with Gasteiger partial charge >= 0.3 is 0 Å². The van der Waals surface area contributed by atoms with Crippen molar-refractivity contribution in [2.75, 3.05) is 5.32 Å². The Hall–Kier alpha value is -2.04. The number of hydrogen-bond acceptors (Lipinski definition) is 2. The number of halogens is 3. The maximum absolute atomic E-state index is 13.5. The molecular weight excluding hydrogens is 241 g/mol. The van der Waals surface area contributed by atoms with Crippen molar-refractivity contribution in [1.29, 1.82) is 0 Å². The predicted octanol–water partition coefficient (Wildman–Crippen LogP) is 3.67. The van der Waals surface area contributed by atoms with Crippen LogP contribution in [-0.4, -0.2) is 4.98 Å². The van der Waals surface area contributed by atoms with Gasteiger partial charge in [0.2, 0.25) is 5.95 Å². The second kappa shape index (κ2) is 5.08. The zero-order valence-corrected chi connectivity index (χ0v) is 9.62. The highest BCUT2D eigenvalue weighted by Crippen LogP contribution is 2.21. The molecule has 0 saturated heterocycles. The third-order valence-corrected chi connectivity index (χ3v) is 2.51. The molecule has 0 saturated carbocycles. The van der Waals surface area contributed by atoms with Crippen molar-refractivity contribution >= 4 is 5.82 Å². The Kier molecular flexibility index (Phi) is 3.50. The van der Waals surface area contributed by atoms with Gasteiger partial charge in [-0.3, -0.25) is 0 Å². The maximum atomic E-state index is 13.5. The summed E-state index contributed by atoms with van der Waals surface area (Å²) < 4.78 is 39.2. The van der Waals surface area contributed by atoms with Gasteiger partial charge in [-0.15, -0.1) is 0 Å². The molecule has 2 nitrogen and oxygen atoms in total. The Balaban J connectivity index is 2.19. The topological polar surface area (TPSA) is 24.9 Å². The average Bonchev–Trinajstić information content (AvgIpc) is 2.28. The Labute approximate surface area is 102 Å². The molecule has 0 aliphatic heterocycles. The van der Waals surface area contributed by atoms with Crippen LogP contribution in [0.1, 0.15) is 18.5 Å². The van der Waals surface area contributed by atoms with E-state index in [1.165, 1.54) is 24.3 Å². The first-order chi connectivity index (χ1) is 8.56. The molecule has 1 N–H and O–H groups in total. The van der Waals surface area contributed by atoms with E-state index in [1.807, 2.05) is 0 Å². The van der Waals surface area contributed by atoms with Crippen molar-refractivity contribution in [1.82, 2.24) is 4.98 Å². The molecule has 0 aliphatic carbocycles. The molecule has 0 radical (unpaired) electrons. The van der Waals surface area contributed by atoms with E-state index in [0.717, 1.165) is 6.07 Å². The number of hydrogen-bond donors (Lipinski definition) is 1. The Morgan fingerprint density at radius 3 is 2.56 bits per heavy atom. The molecule has 1 atom stereocenters. The number of benzene rings is 1. The standard InChI is InChI=1S/C13H11F3N2/c1-8(10-6-5-9(14)7-11(10)15)17-13-4-2-3-12(16)18-13/h2-8H,1H3,(H,17,18). The van der Waals surface area contributed by atoms with Crippen molar-refractivity contribution < 1.29 is 13.2 Å². The van der Waals surface area contributed by atoms with Crippen molar-refractivity contribution in [3.8, 4) is 0 Å². The van der Waals surface area contributed by atoms with E-state index < -0.39 is 23.6 Å². The number of nitrogens with zero attached hydrogens (tertiary/aromatic N) is 1. The number of rotatable bonds is 3. The lowest BCUT2D eigenvalue weighted by Gasteiger charge is -2.15. The molecule has 94 valence electrons. The zero-order chi connectivity index (χ0) is 13.1. The second-order valence-electron chi connectivity index (χ2n) is 3.88. The molecule has 1 unspecified atom stereocenters. The monoisotopic (exact) mass is 252 g/mol. The van der Waals surface area contributed by atoms with Crippen LogP contribution in [0.25, 0.3) is 0 Å². The Morgan fingerprint density at radius 1 is 1.11 bits per heavy atom. The fraction of sp³-hybridized carbons (Fsp3) is 0.154. The molecule has 0 spiro atoms. The van der Waals surface area contributed by atoms with Gasteiger partial charge in [0, 0.05) is 11.6 Å². The van der Waals surface area contributed by atoms with E-state index in [2.05, 4.69) is 10.3 Å². The number of anilines is 1. The molecule has 0 aliphatic rings. The van der Waals surface area contributed by atoms with Gasteiger partial charge in [0.05, 0.1) is 6.04 Å². The summed E-state index contributed by atoms with van der Waals surface area (Å²) in [5.74, 6) is -1.60. The first-order valence-electron chi connectivity index (χ1n) is 5.40. The first kappa shape index (κ1) is 12.4. The van der Waals surface area contributed by atoms with Crippen LogP contribution in [-0.2, 0) is 0 Å². The van der Waals surface area contributed by atoms with Crippen molar-refractivity contribution in [2.45, 2.75) is 13.0 Å². The average molecular weight is 252 g/mol. The molecule has 1 heterocycles. The fourth-order valence-electron chi connectivity index (χ4n) is 1.64. The van der Waals surface area contributed by atoms with Crippen LogP contribution < -0.4 is 5.32 Å². The quantitative estimate of drug-likeness (QED) is 0.843. The summed E-state index contributed by atoms with van der Waals surface area (Å²) in [5.41, 5.74) is 0.294. The first-order valence-corrected chi connectivity index (χ1v) is 5.40. The summed E-state index contributed by atoms with van der Waals surface area (Å²) in [4.78, 5) is 3.61. The number of aromatic nitrogens is 1.